The number of rotatable bonds is 4. The van der Waals surface area contributed by atoms with E-state index >= 15 is 0 Å². The lowest BCUT2D eigenvalue weighted by atomic mass is 10.1. The molecule has 2 aromatic carbocycles. The molecule has 0 saturated carbocycles. The van der Waals surface area contributed by atoms with Crippen molar-refractivity contribution in [3.63, 3.8) is 0 Å². The van der Waals surface area contributed by atoms with Gasteiger partial charge in [-0.25, -0.2) is 4.98 Å². The van der Waals surface area contributed by atoms with Crippen LogP contribution in [0, 0.1) is 0 Å². The highest BCUT2D eigenvalue weighted by atomic mass is 32.1. The number of thiazole rings is 1. The number of hydrogen-bond donors (Lipinski definition) is 1. The second-order valence-corrected chi connectivity index (χ2v) is 5.95. The maximum Gasteiger partial charge on any atom is 0.253 e. The average molecular weight is 320 g/mol. The summed E-state index contributed by atoms with van der Waals surface area (Å²) in [6.07, 6.45) is 1.86. The number of carbonyl (C=O) groups is 1. The Morgan fingerprint density at radius 1 is 1.04 bits per heavy atom. The van der Waals surface area contributed by atoms with Crippen molar-refractivity contribution >= 4 is 28.5 Å². The van der Waals surface area contributed by atoms with Gasteiger partial charge in [0.1, 0.15) is 0 Å². The molecule has 23 heavy (non-hydrogen) atoms. The Kier molecular flexibility index (Phi) is 4.64. The van der Waals surface area contributed by atoms with Crippen LogP contribution in [0.1, 0.15) is 12.5 Å². The predicted octanol–water partition coefficient (Wildman–Crippen LogP) is 4.85. The summed E-state index contributed by atoms with van der Waals surface area (Å²) in [5.41, 5.74) is 3.56. The van der Waals surface area contributed by atoms with Crippen LogP contribution in [0.2, 0.25) is 0 Å². The Morgan fingerprint density at radius 3 is 2.39 bits per heavy atom. The average Bonchev–Trinajstić information content (AvgIpc) is 3.05. The van der Waals surface area contributed by atoms with Crippen molar-refractivity contribution in [3.8, 4) is 11.3 Å². The molecule has 0 fully saturated rings. The highest BCUT2D eigenvalue weighted by molar-refractivity contribution is 7.14. The van der Waals surface area contributed by atoms with Crippen molar-refractivity contribution in [2.75, 3.05) is 5.32 Å². The molecule has 0 unspecified atom stereocenters. The fraction of sp³-hybridized carbons (Fsp3) is 0.0526. The molecule has 3 nitrogen and oxygen atoms in total. The third-order valence-corrected chi connectivity index (χ3v) is 4.09. The molecule has 1 aromatic heterocycles. The first-order valence-electron chi connectivity index (χ1n) is 7.28. The van der Waals surface area contributed by atoms with E-state index in [0.29, 0.717) is 10.7 Å². The van der Waals surface area contributed by atoms with Crippen molar-refractivity contribution in [1.82, 2.24) is 4.98 Å². The number of carbonyl (C=O) groups excluding carboxylic acids is 1. The van der Waals surface area contributed by atoms with E-state index in [1.165, 1.54) is 11.3 Å². The van der Waals surface area contributed by atoms with Gasteiger partial charge in [-0.1, -0.05) is 60.7 Å². The molecule has 0 radical (unpaired) electrons. The van der Waals surface area contributed by atoms with Gasteiger partial charge in [-0.05, 0) is 18.6 Å². The van der Waals surface area contributed by atoms with Gasteiger partial charge in [-0.3, -0.25) is 10.1 Å². The molecule has 1 amide bonds. The number of aromatic nitrogens is 1. The highest BCUT2D eigenvalue weighted by Crippen LogP contribution is 2.24. The molecule has 0 spiro atoms. The van der Waals surface area contributed by atoms with E-state index in [1.54, 1.807) is 6.92 Å². The monoisotopic (exact) mass is 320 g/mol. The zero-order chi connectivity index (χ0) is 16.1. The minimum Gasteiger partial charge on any atom is -0.298 e. The Balaban J connectivity index is 1.71. The van der Waals surface area contributed by atoms with Crippen LogP contribution in [0.4, 0.5) is 5.13 Å². The molecule has 4 heteroatoms. The van der Waals surface area contributed by atoms with Gasteiger partial charge in [-0.15, -0.1) is 11.3 Å². The lowest BCUT2D eigenvalue weighted by Gasteiger charge is -2.02. The van der Waals surface area contributed by atoms with Crippen LogP contribution >= 0.6 is 11.3 Å². The number of anilines is 1. The normalized spacial score (nSPS) is 11.3. The Labute approximate surface area is 139 Å². The molecule has 0 aliphatic carbocycles. The van der Waals surface area contributed by atoms with Crippen LogP contribution < -0.4 is 5.32 Å². The van der Waals surface area contributed by atoms with Crippen LogP contribution in [0.25, 0.3) is 17.3 Å². The van der Waals surface area contributed by atoms with Crippen molar-refractivity contribution in [3.05, 3.63) is 77.2 Å². The van der Waals surface area contributed by atoms with Crippen LogP contribution in [-0.4, -0.2) is 10.9 Å². The SMILES string of the molecule is C/C(=C/c1ccccc1)C(=O)Nc1nc(-c2ccccc2)cs1. The Hall–Kier alpha value is -2.72. The zero-order valence-corrected chi connectivity index (χ0v) is 13.5. The van der Waals surface area contributed by atoms with E-state index in [4.69, 9.17) is 0 Å². The number of nitrogens with zero attached hydrogens (tertiary/aromatic N) is 1. The molecule has 3 aromatic rings. The van der Waals surface area contributed by atoms with Crippen molar-refractivity contribution in [2.45, 2.75) is 6.92 Å². The summed E-state index contributed by atoms with van der Waals surface area (Å²) < 4.78 is 0. The van der Waals surface area contributed by atoms with Crippen LogP contribution in [0.3, 0.4) is 0 Å². The molecule has 0 bridgehead atoms. The molecule has 0 aliphatic rings. The summed E-state index contributed by atoms with van der Waals surface area (Å²) in [4.78, 5) is 16.7. The largest absolute Gasteiger partial charge is 0.298 e. The molecule has 1 N–H and O–H groups in total. The van der Waals surface area contributed by atoms with Gasteiger partial charge >= 0.3 is 0 Å². The summed E-state index contributed by atoms with van der Waals surface area (Å²) >= 11 is 1.43. The lowest BCUT2D eigenvalue weighted by Crippen LogP contribution is -2.12. The third kappa shape index (κ3) is 3.93. The van der Waals surface area contributed by atoms with E-state index in [9.17, 15) is 4.79 Å². The first kappa shape index (κ1) is 15.2. The van der Waals surface area contributed by atoms with Crippen molar-refractivity contribution in [2.24, 2.45) is 0 Å². The van der Waals surface area contributed by atoms with E-state index in [2.05, 4.69) is 10.3 Å². The van der Waals surface area contributed by atoms with E-state index in [-0.39, 0.29) is 5.91 Å². The summed E-state index contributed by atoms with van der Waals surface area (Å²) in [5.74, 6) is -0.136. The van der Waals surface area contributed by atoms with Crippen molar-refractivity contribution < 1.29 is 4.79 Å². The van der Waals surface area contributed by atoms with Gasteiger partial charge in [0.05, 0.1) is 5.69 Å². The summed E-state index contributed by atoms with van der Waals surface area (Å²) in [7, 11) is 0. The second-order valence-electron chi connectivity index (χ2n) is 5.10. The van der Waals surface area contributed by atoms with Crippen LogP contribution in [-0.2, 0) is 4.79 Å². The fourth-order valence-electron chi connectivity index (χ4n) is 2.13. The molecule has 0 atom stereocenters. The standard InChI is InChI=1S/C19H16N2OS/c1-14(12-15-8-4-2-5-9-15)18(22)21-19-20-17(13-23-19)16-10-6-3-7-11-16/h2-13H,1H3,(H,20,21,22)/b14-12-. The number of amides is 1. The molecular weight excluding hydrogens is 304 g/mol. The van der Waals surface area contributed by atoms with E-state index in [1.807, 2.05) is 72.1 Å². The number of benzene rings is 2. The minimum absolute atomic E-state index is 0.136. The Morgan fingerprint density at radius 2 is 1.70 bits per heavy atom. The maximum absolute atomic E-state index is 12.2. The van der Waals surface area contributed by atoms with Gasteiger partial charge in [0.25, 0.3) is 5.91 Å². The van der Waals surface area contributed by atoms with Gasteiger partial charge in [0.2, 0.25) is 0 Å². The molecular formula is C19H16N2OS. The van der Waals surface area contributed by atoms with Gasteiger partial charge in [0.15, 0.2) is 5.13 Å². The lowest BCUT2D eigenvalue weighted by molar-refractivity contribution is -0.112. The molecule has 114 valence electrons. The topological polar surface area (TPSA) is 42.0 Å². The fourth-order valence-corrected chi connectivity index (χ4v) is 2.85. The number of hydrogen-bond acceptors (Lipinski definition) is 3. The van der Waals surface area contributed by atoms with E-state index in [0.717, 1.165) is 16.8 Å². The molecule has 0 saturated heterocycles. The zero-order valence-electron chi connectivity index (χ0n) is 12.7. The van der Waals surface area contributed by atoms with Crippen LogP contribution in [0.15, 0.2) is 71.6 Å². The maximum atomic E-state index is 12.2. The van der Waals surface area contributed by atoms with Crippen LogP contribution in [0.5, 0.6) is 0 Å². The van der Waals surface area contributed by atoms with Gasteiger partial charge < -0.3 is 0 Å². The van der Waals surface area contributed by atoms with Crippen molar-refractivity contribution in [1.29, 1.82) is 0 Å². The second kappa shape index (κ2) is 7.03. The summed E-state index contributed by atoms with van der Waals surface area (Å²) in [6.45, 7) is 1.80. The number of nitrogens with one attached hydrogen (secondary N) is 1. The third-order valence-electron chi connectivity index (χ3n) is 3.34. The Bertz CT molecular complexity index is 823. The first-order chi connectivity index (χ1) is 11.2. The molecule has 1 heterocycles. The smallest absolute Gasteiger partial charge is 0.253 e. The highest BCUT2D eigenvalue weighted by Gasteiger charge is 2.09. The van der Waals surface area contributed by atoms with E-state index < -0.39 is 0 Å². The quantitative estimate of drug-likeness (QED) is 0.698. The molecule has 3 rings (SSSR count). The minimum atomic E-state index is -0.136. The molecule has 0 aliphatic heterocycles. The summed E-state index contributed by atoms with van der Waals surface area (Å²) in [6, 6.07) is 19.7. The first-order valence-corrected chi connectivity index (χ1v) is 8.16. The summed E-state index contributed by atoms with van der Waals surface area (Å²) in [5, 5.41) is 5.40. The van der Waals surface area contributed by atoms with Gasteiger partial charge in [-0.2, -0.15) is 0 Å². The van der Waals surface area contributed by atoms with Gasteiger partial charge in [0, 0.05) is 16.5 Å². The predicted molar refractivity (Wildman–Crippen MR) is 96.3 cm³/mol.